The number of aromatic nitrogens is 1. The van der Waals surface area contributed by atoms with E-state index in [2.05, 4.69) is 4.98 Å². The second-order valence-corrected chi connectivity index (χ2v) is 4.93. The highest BCUT2D eigenvalue weighted by Gasteiger charge is 2.36. The van der Waals surface area contributed by atoms with Gasteiger partial charge in [0.15, 0.2) is 0 Å². The molecule has 1 aliphatic carbocycles. The van der Waals surface area contributed by atoms with E-state index in [0.29, 0.717) is 18.9 Å². The molecule has 1 heterocycles. The van der Waals surface area contributed by atoms with Crippen LogP contribution in [0.3, 0.4) is 0 Å². The number of aliphatic hydroxyl groups excluding tert-OH is 1. The van der Waals surface area contributed by atoms with Crippen molar-refractivity contribution in [3.8, 4) is 0 Å². The molecule has 1 aliphatic rings. The zero-order chi connectivity index (χ0) is 10.7. The lowest BCUT2D eigenvalue weighted by atomic mass is 10.1. The van der Waals surface area contributed by atoms with Crippen molar-refractivity contribution < 1.29 is 9.84 Å². The Balaban J connectivity index is 1.89. The maximum Gasteiger partial charge on any atom is 0.0951 e. The fourth-order valence-electron chi connectivity index (χ4n) is 1.83. The minimum atomic E-state index is -0.399. The predicted molar refractivity (Wildman–Crippen MR) is 60.0 cm³/mol. The molecule has 2 rings (SSSR count). The molecule has 1 N–H and O–H groups in total. The molecular weight excluding hydrogens is 210 g/mol. The second-order valence-electron chi connectivity index (χ2n) is 3.95. The van der Waals surface area contributed by atoms with Gasteiger partial charge in [-0.3, -0.25) is 0 Å². The van der Waals surface area contributed by atoms with Gasteiger partial charge in [0.1, 0.15) is 0 Å². The molecule has 84 valence electrons. The van der Waals surface area contributed by atoms with Crippen molar-refractivity contribution in [3.05, 3.63) is 16.6 Å². The zero-order valence-corrected chi connectivity index (χ0v) is 9.74. The Morgan fingerprint density at radius 2 is 2.47 bits per heavy atom. The monoisotopic (exact) mass is 227 g/mol. The van der Waals surface area contributed by atoms with E-state index in [1.807, 2.05) is 12.3 Å². The molecule has 0 spiro atoms. The van der Waals surface area contributed by atoms with Gasteiger partial charge in [0, 0.05) is 24.6 Å². The van der Waals surface area contributed by atoms with Crippen molar-refractivity contribution in [1.82, 2.24) is 4.98 Å². The van der Waals surface area contributed by atoms with Gasteiger partial charge in [-0.2, -0.15) is 0 Å². The van der Waals surface area contributed by atoms with E-state index in [1.165, 1.54) is 12.8 Å². The van der Waals surface area contributed by atoms with Gasteiger partial charge in [0.2, 0.25) is 0 Å². The smallest absolute Gasteiger partial charge is 0.0951 e. The van der Waals surface area contributed by atoms with Crippen molar-refractivity contribution in [2.75, 3.05) is 6.61 Å². The Hall–Kier alpha value is -0.450. The highest BCUT2D eigenvalue weighted by Crippen LogP contribution is 2.36. The molecule has 4 heteroatoms. The van der Waals surface area contributed by atoms with Crippen LogP contribution >= 0.6 is 11.3 Å². The van der Waals surface area contributed by atoms with Gasteiger partial charge < -0.3 is 9.84 Å². The molecule has 2 unspecified atom stereocenters. The first-order valence-electron chi connectivity index (χ1n) is 5.49. The molecule has 3 nitrogen and oxygen atoms in total. The van der Waals surface area contributed by atoms with Crippen LogP contribution in [0.15, 0.2) is 11.6 Å². The summed E-state index contributed by atoms with van der Waals surface area (Å²) in [4.78, 5) is 4.18. The van der Waals surface area contributed by atoms with Gasteiger partial charge in [0.25, 0.3) is 0 Å². The Kier molecular flexibility index (Phi) is 3.72. The second kappa shape index (κ2) is 5.05. The summed E-state index contributed by atoms with van der Waals surface area (Å²) in [5.41, 5.74) is 0. The number of hydrogen-bond donors (Lipinski definition) is 1. The van der Waals surface area contributed by atoms with Gasteiger partial charge in [-0.15, -0.1) is 11.3 Å². The topological polar surface area (TPSA) is 42.4 Å². The third-order valence-corrected chi connectivity index (χ3v) is 3.49. The molecule has 0 saturated heterocycles. The first-order valence-corrected chi connectivity index (χ1v) is 6.37. The summed E-state index contributed by atoms with van der Waals surface area (Å²) in [6, 6.07) is 0. The summed E-state index contributed by atoms with van der Waals surface area (Å²) in [5, 5.41) is 13.0. The third kappa shape index (κ3) is 3.00. The molecule has 1 saturated carbocycles. The van der Waals surface area contributed by atoms with E-state index in [-0.39, 0.29) is 6.10 Å². The average molecular weight is 227 g/mol. The summed E-state index contributed by atoms with van der Waals surface area (Å²) >= 11 is 1.59. The Morgan fingerprint density at radius 3 is 3.00 bits per heavy atom. The molecule has 1 aromatic rings. The van der Waals surface area contributed by atoms with Crippen LogP contribution in [-0.2, 0) is 11.2 Å². The summed E-state index contributed by atoms with van der Waals surface area (Å²) < 4.78 is 5.60. The van der Waals surface area contributed by atoms with Crippen molar-refractivity contribution in [2.45, 2.75) is 38.4 Å². The summed E-state index contributed by atoms with van der Waals surface area (Å²) in [7, 11) is 0. The molecular formula is C11H17NO2S. The third-order valence-electron chi connectivity index (χ3n) is 2.69. The highest BCUT2D eigenvalue weighted by molar-refractivity contribution is 7.09. The first-order chi connectivity index (χ1) is 7.31. The van der Waals surface area contributed by atoms with Gasteiger partial charge in [0.05, 0.1) is 17.2 Å². The van der Waals surface area contributed by atoms with Crippen molar-refractivity contribution in [1.29, 1.82) is 0 Å². The minimum absolute atomic E-state index is 0.0129. The molecule has 15 heavy (non-hydrogen) atoms. The summed E-state index contributed by atoms with van der Waals surface area (Å²) in [6.07, 6.45) is 4.40. The van der Waals surface area contributed by atoms with Crippen LogP contribution in [0.1, 0.15) is 24.8 Å². The number of ether oxygens (including phenoxy) is 1. The fourth-order valence-corrected chi connectivity index (χ4v) is 2.49. The van der Waals surface area contributed by atoms with Crippen molar-refractivity contribution >= 4 is 11.3 Å². The van der Waals surface area contributed by atoms with Crippen molar-refractivity contribution in [2.24, 2.45) is 5.92 Å². The maximum atomic E-state index is 10.1. The lowest BCUT2D eigenvalue weighted by Crippen LogP contribution is -2.32. The Labute approximate surface area is 94.1 Å². The van der Waals surface area contributed by atoms with Crippen LogP contribution < -0.4 is 0 Å². The number of aliphatic hydroxyl groups is 1. The molecule has 0 aliphatic heterocycles. The quantitative estimate of drug-likeness (QED) is 0.806. The number of thiazole rings is 1. The van der Waals surface area contributed by atoms with Gasteiger partial charge >= 0.3 is 0 Å². The molecule has 0 amide bonds. The number of nitrogens with zero attached hydrogens (tertiary/aromatic N) is 1. The van der Waals surface area contributed by atoms with Crippen LogP contribution in [0.25, 0.3) is 0 Å². The van der Waals surface area contributed by atoms with E-state index in [4.69, 9.17) is 4.74 Å². The van der Waals surface area contributed by atoms with Crippen LogP contribution in [-0.4, -0.2) is 28.9 Å². The fraction of sp³-hybridized carbons (Fsp3) is 0.727. The highest BCUT2D eigenvalue weighted by atomic mass is 32.1. The van der Waals surface area contributed by atoms with E-state index < -0.39 is 6.10 Å². The molecule has 0 aromatic carbocycles. The molecule has 1 fully saturated rings. The SMILES string of the molecule is CCOC(C(O)Cc1nccs1)C1CC1. The van der Waals surface area contributed by atoms with Crippen LogP contribution in [0.4, 0.5) is 0 Å². The van der Waals surface area contributed by atoms with E-state index in [1.54, 1.807) is 17.5 Å². The van der Waals surface area contributed by atoms with Crippen LogP contribution in [0, 0.1) is 5.92 Å². The summed E-state index contributed by atoms with van der Waals surface area (Å²) in [6.45, 7) is 2.65. The number of hydrogen-bond acceptors (Lipinski definition) is 4. The Bertz CT molecular complexity index is 285. The first kappa shape index (κ1) is 11.0. The molecule has 1 aromatic heterocycles. The van der Waals surface area contributed by atoms with E-state index in [9.17, 15) is 5.11 Å². The van der Waals surface area contributed by atoms with E-state index in [0.717, 1.165) is 5.01 Å². The number of rotatable bonds is 6. The van der Waals surface area contributed by atoms with Crippen LogP contribution in [0.2, 0.25) is 0 Å². The lowest BCUT2D eigenvalue weighted by molar-refractivity contribution is -0.0439. The van der Waals surface area contributed by atoms with Gasteiger partial charge in [-0.25, -0.2) is 4.98 Å². The van der Waals surface area contributed by atoms with Crippen molar-refractivity contribution in [3.63, 3.8) is 0 Å². The molecule has 2 atom stereocenters. The maximum absolute atomic E-state index is 10.1. The van der Waals surface area contributed by atoms with Crippen LogP contribution in [0.5, 0.6) is 0 Å². The normalized spacial score (nSPS) is 20.1. The summed E-state index contributed by atoms with van der Waals surface area (Å²) in [5.74, 6) is 0.569. The largest absolute Gasteiger partial charge is 0.390 e. The standard InChI is InChI=1S/C11H17NO2S/c1-2-14-11(8-3-4-8)9(13)7-10-12-5-6-15-10/h5-6,8-9,11,13H,2-4,7H2,1H3. The predicted octanol–water partition coefficient (Wildman–Crippen LogP) is 1.86. The Morgan fingerprint density at radius 1 is 1.67 bits per heavy atom. The van der Waals surface area contributed by atoms with Gasteiger partial charge in [-0.05, 0) is 25.7 Å². The lowest BCUT2D eigenvalue weighted by Gasteiger charge is -2.21. The molecule has 0 radical (unpaired) electrons. The van der Waals surface area contributed by atoms with E-state index >= 15 is 0 Å². The van der Waals surface area contributed by atoms with Gasteiger partial charge in [-0.1, -0.05) is 0 Å². The molecule has 0 bridgehead atoms. The minimum Gasteiger partial charge on any atom is -0.390 e. The average Bonchev–Trinajstić information content (AvgIpc) is 2.93. The zero-order valence-electron chi connectivity index (χ0n) is 8.93.